The van der Waals surface area contributed by atoms with Crippen molar-refractivity contribution in [3.8, 4) is 11.8 Å². The van der Waals surface area contributed by atoms with Gasteiger partial charge in [-0.2, -0.15) is 0 Å². The smallest absolute Gasteiger partial charge is 0.407 e. The number of carbonyl (C=O) groups is 1. The Balaban J connectivity index is 1.65. The van der Waals surface area contributed by atoms with Gasteiger partial charge < -0.3 is 19.6 Å². The number of aliphatic hydroxyl groups excluding tert-OH is 1. The number of benzene rings is 2. The van der Waals surface area contributed by atoms with Gasteiger partial charge in [-0.3, -0.25) is 0 Å². The maximum absolute atomic E-state index is 11.1. The van der Waals surface area contributed by atoms with Gasteiger partial charge >= 0.3 is 6.09 Å². The maximum Gasteiger partial charge on any atom is 0.407 e. The average Bonchev–Trinajstić information content (AvgIpc) is 3.18. The van der Waals surface area contributed by atoms with Crippen molar-refractivity contribution in [2.45, 2.75) is 57.2 Å². The Morgan fingerprint density at radius 3 is 2.22 bits per heavy atom. The molecule has 1 fully saturated rings. The predicted molar refractivity (Wildman–Crippen MR) is 129 cm³/mol. The number of unbranched alkanes of at least 4 members (excludes halogenated alkanes) is 1. The first kappa shape index (κ1) is 24.1. The van der Waals surface area contributed by atoms with Crippen molar-refractivity contribution in [3.63, 3.8) is 0 Å². The Hall–Kier alpha value is -2.59. The lowest BCUT2D eigenvalue weighted by atomic mass is 10.1. The normalized spacial score (nSPS) is 17.1. The van der Waals surface area contributed by atoms with E-state index in [1.807, 2.05) is 12.1 Å². The molecule has 2 atom stereocenters. The van der Waals surface area contributed by atoms with E-state index >= 15 is 0 Å². The molecule has 1 aliphatic heterocycles. The second-order valence-corrected chi connectivity index (χ2v) is 13.4. The van der Waals surface area contributed by atoms with Crippen LogP contribution in [0.3, 0.4) is 0 Å². The van der Waals surface area contributed by atoms with Crippen molar-refractivity contribution in [3.05, 3.63) is 60.7 Å². The molecule has 2 aromatic carbocycles. The number of carbonyl (C=O) groups excluding carboxylic acids is 1. The Bertz CT molecular complexity index is 892. The largest absolute Gasteiger partial charge is 0.447 e. The highest BCUT2D eigenvalue weighted by Crippen LogP contribution is 2.36. The van der Waals surface area contributed by atoms with E-state index in [4.69, 9.17) is 9.16 Å². The lowest BCUT2D eigenvalue weighted by Crippen LogP contribution is -2.66. The quantitative estimate of drug-likeness (QED) is 0.367. The Labute approximate surface area is 192 Å². The standard InChI is InChI=1S/C26H33NO4Si/c1-26(2,3)32(23-14-8-4-9-15-23,24-16-10-5-11-17-24)31-18-12-6-7-13-22(28)19-21-20-30-25(29)27-21/h4-5,8-11,14-17,21-22,28H,6,12,18-20H2,1-3H3,(H,27,29)/t21-,22?/m1/s1. The van der Waals surface area contributed by atoms with Gasteiger partial charge in [-0.25, -0.2) is 4.79 Å². The third-order valence-corrected chi connectivity index (χ3v) is 10.7. The van der Waals surface area contributed by atoms with Crippen molar-refractivity contribution in [1.82, 2.24) is 5.32 Å². The molecule has 0 saturated carbocycles. The molecule has 1 aliphatic rings. The molecule has 3 rings (SSSR count). The van der Waals surface area contributed by atoms with Crippen molar-refractivity contribution < 1.29 is 19.1 Å². The second-order valence-electron chi connectivity index (χ2n) is 9.13. The molecule has 6 heteroatoms. The zero-order valence-electron chi connectivity index (χ0n) is 19.1. The molecule has 2 N–H and O–H groups in total. The molecule has 0 radical (unpaired) electrons. The van der Waals surface area contributed by atoms with Gasteiger partial charge in [0, 0.05) is 19.4 Å². The van der Waals surface area contributed by atoms with E-state index in [1.165, 1.54) is 10.4 Å². The van der Waals surface area contributed by atoms with Crippen LogP contribution in [0.4, 0.5) is 4.79 Å². The van der Waals surface area contributed by atoms with Gasteiger partial charge in [0.15, 0.2) is 0 Å². The van der Waals surface area contributed by atoms with Crippen LogP contribution in [0.1, 0.15) is 40.0 Å². The van der Waals surface area contributed by atoms with Crippen LogP contribution >= 0.6 is 0 Å². The number of nitrogens with one attached hydrogen (secondary N) is 1. The molecule has 0 spiro atoms. The Morgan fingerprint density at radius 1 is 1.12 bits per heavy atom. The highest BCUT2D eigenvalue weighted by molar-refractivity contribution is 6.99. The zero-order chi connectivity index (χ0) is 23.0. The van der Waals surface area contributed by atoms with Crippen LogP contribution in [0, 0.1) is 11.8 Å². The van der Waals surface area contributed by atoms with Gasteiger partial charge in [0.25, 0.3) is 8.32 Å². The monoisotopic (exact) mass is 451 g/mol. The first-order valence-corrected chi connectivity index (χ1v) is 13.1. The minimum atomic E-state index is -2.51. The van der Waals surface area contributed by atoms with Gasteiger partial charge in [0.1, 0.15) is 12.7 Å². The van der Waals surface area contributed by atoms with E-state index in [2.05, 4.69) is 86.5 Å². The summed E-state index contributed by atoms with van der Waals surface area (Å²) in [6, 6.07) is 21.0. The summed E-state index contributed by atoms with van der Waals surface area (Å²) >= 11 is 0. The Kier molecular flexibility index (Phi) is 8.13. The molecule has 0 aromatic heterocycles. The molecule has 170 valence electrons. The van der Waals surface area contributed by atoms with Crippen LogP contribution < -0.4 is 15.7 Å². The summed E-state index contributed by atoms with van der Waals surface area (Å²) in [5.74, 6) is 5.93. The summed E-state index contributed by atoms with van der Waals surface area (Å²) in [5.41, 5.74) is 0. The number of ether oxygens (including phenoxy) is 1. The van der Waals surface area contributed by atoms with Gasteiger partial charge in [-0.05, 0) is 21.8 Å². The topological polar surface area (TPSA) is 67.8 Å². The SMILES string of the molecule is CC(C)(C)[Si](OCCCC#CC(O)C[C@@H]1COC(=O)N1)(c1ccccc1)c1ccccc1. The summed E-state index contributed by atoms with van der Waals surface area (Å²) in [4.78, 5) is 11.1. The van der Waals surface area contributed by atoms with E-state index in [-0.39, 0.29) is 17.7 Å². The third-order valence-electron chi connectivity index (χ3n) is 5.70. The molecule has 5 nitrogen and oxygen atoms in total. The fourth-order valence-corrected chi connectivity index (χ4v) is 8.83. The average molecular weight is 452 g/mol. The van der Waals surface area contributed by atoms with Gasteiger partial charge in [-0.1, -0.05) is 87.4 Å². The summed E-state index contributed by atoms with van der Waals surface area (Å²) < 4.78 is 11.7. The predicted octanol–water partition coefficient (Wildman–Crippen LogP) is 3.21. The molecule has 1 unspecified atom stereocenters. The van der Waals surface area contributed by atoms with Gasteiger partial charge in [-0.15, -0.1) is 5.92 Å². The molecular formula is C26H33NO4Si. The van der Waals surface area contributed by atoms with Crippen molar-refractivity contribution >= 4 is 24.8 Å². The summed E-state index contributed by atoms with van der Waals surface area (Å²) in [6.07, 6.45) is 0.586. The number of rotatable bonds is 8. The number of hydrogen-bond acceptors (Lipinski definition) is 4. The fraction of sp³-hybridized carbons (Fsp3) is 0.423. The summed E-state index contributed by atoms with van der Waals surface area (Å²) in [5, 5.41) is 15.2. The van der Waals surface area contributed by atoms with Crippen LogP contribution in [0.25, 0.3) is 0 Å². The third kappa shape index (κ3) is 5.80. The highest BCUT2D eigenvalue weighted by Gasteiger charge is 2.49. The number of amides is 1. The van der Waals surface area contributed by atoms with Crippen LogP contribution in [0.15, 0.2) is 60.7 Å². The molecule has 0 aliphatic carbocycles. The number of cyclic esters (lactones) is 1. The summed E-state index contributed by atoms with van der Waals surface area (Å²) in [6.45, 7) is 7.68. The molecule has 1 amide bonds. The van der Waals surface area contributed by atoms with Crippen molar-refractivity contribution in [2.75, 3.05) is 13.2 Å². The van der Waals surface area contributed by atoms with Gasteiger partial charge in [0.05, 0.1) is 6.04 Å². The van der Waals surface area contributed by atoms with E-state index in [0.717, 1.165) is 6.42 Å². The van der Waals surface area contributed by atoms with Crippen molar-refractivity contribution in [1.29, 1.82) is 0 Å². The highest BCUT2D eigenvalue weighted by atomic mass is 28.4. The van der Waals surface area contributed by atoms with E-state index < -0.39 is 20.5 Å². The van der Waals surface area contributed by atoms with Crippen molar-refractivity contribution in [2.24, 2.45) is 0 Å². The number of hydrogen-bond donors (Lipinski definition) is 2. The van der Waals surface area contributed by atoms with E-state index in [1.54, 1.807) is 0 Å². The van der Waals surface area contributed by atoms with E-state index in [0.29, 0.717) is 19.4 Å². The second kappa shape index (κ2) is 10.8. The van der Waals surface area contributed by atoms with Crippen LogP contribution in [-0.4, -0.2) is 44.9 Å². The van der Waals surface area contributed by atoms with Crippen LogP contribution in [0.5, 0.6) is 0 Å². The number of alkyl carbamates (subject to hydrolysis) is 1. The lowest BCUT2D eigenvalue weighted by Gasteiger charge is -2.43. The first-order chi connectivity index (χ1) is 15.3. The minimum Gasteiger partial charge on any atom is -0.447 e. The van der Waals surface area contributed by atoms with Gasteiger partial charge in [0.2, 0.25) is 0 Å². The lowest BCUT2D eigenvalue weighted by molar-refractivity contribution is 0.172. The van der Waals surface area contributed by atoms with Crippen LogP contribution in [0.2, 0.25) is 5.04 Å². The molecule has 1 heterocycles. The molecule has 2 aromatic rings. The molecule has 1 saturated heterocycles. The molecular weight excluding hydrogens is 418 g/mol. The number of aliphatic hydroxyl groups is 1. The maximum atomic E-state index is 11.1. The molecule has 32 heavy (non-hydrogen) atoms. The Morgan fingerprint density at radius 2 is 1.72 bits per heavy atom. The van der Waals surface area contributed by atoms with Crippen LogP contribution in [-0.2, 0) is 9.16 Å². The fourth-order valence-electron chi connectivity index (χ4n) is 4.22. The minimum absolute atomic E-state index is 0.0502. The first-order valence-electron chi connectivity index (χ1n) is 11.2. The zero-order valence-corrected chi connectivity index (χ0v) is 20.1. The molecule has 0 bridgehead atoms. The summed E-state index contributed by atoms with van der Waals surface area (Å²) in [7, 11) is -2.51. The van der Waals surface area contributed by atoms with E-state index in [9.17, 15) is 9.90 Å².